The average Bonchev–Trinajstić information content (AvgIpc) is 3.28. The van der Waals surface area contributed by atoms with E-state index in [9.17, 15) is 5.11 Å². The van der Waals surface area contributed by atoms with Gasteiger partial charge in [0.25, 0.3) is 0 Å². The highest BCUT2D eigenvalue weighted by molar-refractivity contribution is 5.46. The summed E-state index contributed by atoms with van der Waals surface area (Å²) in [4.78, 5) is 5.01. The molecule has 5 rings (SSSR count). The lowest BCUT2D eigenvalue weighted by molar-refractivity contribution is -0.0520. The van der Waals surface area contributed by atoms with Crippen molar-refractivity contribution in [1.29, 1.82) is 0 Å². The summed E-state index contributed by atoms with van der Waals surface area (Å²) in [6.45, 7) is 6.69. The predicted octanol–water partition coefficient (Wildman–Crippen LogP) is 1.24. The SMILES string of the molecule is O[C@@H]1C[C@H]2CN(Cc3cccc4ccnn34)C[C@H]2C[C@H]1N1CCOCC1. The smallest absolute Gasteiger partial charge is 0.0698 e. The van der Waals surface area contributed by atoms with Crippen LogP contribution in [0.25, 0.3) is 5.52 Å². The van der Waals surface area contributed by atoms with Gasteiger partial charge in [-0.05, 0) is 42.9 Å². The molecule has 1 aliphatic carbocycles. The van der Waals surface area contributed by atoms with Crippen LogP contribution in [-0.2, 0) is 11.3 Å². The van der Waals surface area contributed by atoms with E-state index in [-0.39, 0.29) is 6.10 Å². The van der Waals surface area contributed by atoms with Crippen LogP contribution >= 0.6 is 0 Å². The topological polar surface area (TPSA) is 53.2 Å². The first-order chi connectivity index (χ1) is 12.8. The Bertz CT molecular complexity index is 757. The van der Waals surface area contributed by atoms with Crippen LogP contribution in [0.4, 0.5) is 0 Å². The van der Waals surface area contributed by atoms with E-state index in [1.807, 2.05) is 10.7 Å². The highest BCUT2D eigenvalue weighted by atomic mass is 16.5. The van der Waals surface area contributed by atoms with E-state index in [2.05, 4.69) is 39.2 Å². The van der Waals surface area contributed by atoms with Crippen LogP contribution < -0.4 is 0 Å². The third-order valence-electron chi connectivity index (χ3n) is 6.58. The number of pyridine rings is 1. The number of aliphatic hydroxyl groups excluding tert-OH is 1. The highest BCUT2D eigenvalue weighted by Gasteiger charge is 2.43. The van der Waals surface area contributed by atoms with Crippen molar-refractivity contribution < 1.29 is 9.84 Å². The molecule has 0 aromatic carbocycles. The molecular weight excluding hydrogens is 328 g/mol. The number of morpholine rings is 1. The second-order valence-corrected chi connectivity index (χ2v) is 8.15. The molecule has 2 saturated heterocycles. The van der Waals surface area contributed by atoms with Crippen LogP contribution in [0.15, 0.2) is 30.5 Å². The average molecular weight is 356 g/mol. The van der Waals surface area contributed by atoms with Gasteiger partial charge in [0.05, 0.1) is 30.5 Å². The Kier molecular flexibility index (Phi) is 4.44. The van der Waals surface area contributed by atoms with E-state index in [0.29, 0.717) is 17.9 Å². The van der Waals surface area contributed by atoms with Crippen LogP contribution in [0.3, 0.4) is 0 Å². The quantitative estimate of drug-likeness (QED) is 0.897. The van der Waals surface area contributed by atoms with E-state index >= 15 is 0 Å². The molecule has 0 spiro atoms. The second-order valence-electron chi connectivity index (χ2n) is 8.15. The fourth-order valence-corrected chi connectivity index (χ4v) is 5.29. The van der Waals surface area contributed by atoms with Gasteiger partial charge in [-0.3, -0.25) is 9.80 Å². The summed E-state index contributed by atoms with van der Waals surface area (Å²) in [5, 5.41) is 15.2. The molecule has 6 nitrogen and oxygen atoms in total. The normalized spacial score (nSPS) is 33.6. The molecule has 0 amide bonds. The molecule has 140 valence electrons. The maximum atomic E-state index is 10.7. The highest BCUT2D eigenvalue weighted by Crippen LogP contribution is 2.38. The summed E-state index contributed by atoms with van der Waals surface area (Å²) in [6.07, 6.45) is 3.74. The van der Waals surface area contributed by atoms with E-state index in [1.54, 1.807) is 0 Å². The van der Waals surface area contributed by atoms with Crippen molar-refractivity contribution in [2.24, 2.45) is 11.8 Å². The fourth-order valence-electron chi connectivity index (χ4n) is 5.29. The predicted molar refractivity (Wildman–Crippen MR) is 98.9 cm³/mol. The Hall–Kier alpha value is -1.47. The molecule has 3 fully saturated rings. The van der Waals surface area contributed by atoms with Gasteiger partial charge in [0.1, 0.15) is 0 Å². The molecule has 1 N–H and O–H groups in total. The summed E-state index contributed by atoms with van der Waals surface area (Å²) >= 11 is 0. The second kappa shape index (κ2) is 6.93. The molecule has 0 bridgehead atoms. The van der Waals surface area contributed by atoms with Crippen LogP contribution in [0.2, 0.25) is 0 Å². The fraction of sp³-hybridized carbons (Fsp3) is 0.650. The monoisotopic (exact) mass is 356 g/mol. The molecule has 4 atom stereocenters. The van der Waals surface area contributed by atoms with Gasteiger partial charge in [0.2, 0.25) is 0 Å². The lowest BCUT2D eigenvalue weighted by atomic mass is 9.77. The van der Waals surface area contributed by atoms with Gasteiger partial charge in [-0.15, -0.1) is 0 Å². The Morgan fingerprint density at radius 1 is 1.08 bits per heavy atom. The molecule has 4 heterocycles. The zero-order valence-corrected chi connectivity index (χ0v) is 15.2. The van der Waals surface area contributed by atoms with Crippen molar-refractivity contribution in [3.8, 4) is 0 Å². The summed E-state index contributed by atoms with van der Waals surface area (Å²) in [5.74, 6) is 1.32. The number of likely N-dealkylation sites (tertiary alicyclic amines) is 1. The van der Waals surface area contributed by atoms with Crippen LogP contribution in [0.1, 0.15) is 18.5 Å². The van der Waals surface area contributed by atoms with Crippen molar-refractivity contribution in [2.45, 2.75) is 31.5 Å². The van der Waals surface area contributed by atoms with Gasteiger partial charge < -0.3 is 9.84 Å². The third kappa shape index (κ3) is 3.05. The first-order valence-electron chi connectivity index (χ1n) is 9.92. The lowest BCUT2D eigenvalue weighted by Gasteiger charge is -2.43. The molecular formula is C20H28N4O2. The molecule has 3 aliphatic rings. The zero-order valence-electron chi connectivity index (χ0n) is 15.2. The molecule has 1 saturated carbocycles. The van der Waals surface area contributed by atoms with E-state index in [4.69, 9.17) is 4.74 Å². The molecule has 26 heavy (non-hydrogen) atoms. The van der Waals surface area contributed by atoms with Crippen molar-refractivity contribution >= 4 is 5.52 Å². The van der Waals surface area contributed by atoms with Gasteiger partial charge in [-0.1, -0.05) is 6.07 Å². The summed E-state index contributed by atoms with van der Waals surface area (Å²) < 4.78 is 7.53. The van der Waals surface area contributed by atoms with Gasteiger partial charge in [0.15, 0.2) is 0 Å². The summed E-state index contributed by atoms with van der Waals surface area (Å²) in [7, 11) is 0. The number of nitrogens with zero attached hydrogens (tertiary/aromatic N) is 4. The third-order valence-corrected chi connectivity index (χ3v) is 6.58. The number of hydrogen-bond donors (Lipinski definition) is 1. The largest absolute Gasteiger partial charge is 0.391 e. The Morgan fingerprint density at radius 3 is 2.73 bits per heavy atom. The number of ether oxygens (including phenoxy) is 1. The number of aliphatic hydroxyl groups is 1. The zero-order chi connectivity index (χ0) is 17.5. The van der Waals surface area contributed by atoms with Gasteiger partial charge in [-0.25, -0.2) is 4.52 Å². The number of rotatable bonds is 3. The molecule has 0 radical (unpaired) electrons. The minimum absolute atomic E-state index is 0.191. The van der Waals surface area contributed by atoms with Crippen LogP contribution in [0, 0.1) is 11.8 Å². The minimum atomic E-state index is -0.191. The lowest BCUT2D eigenvalue weighted by Crippen LogP contribution is -2.53. The van der Waals surface area contributed by atoms with E-state index < -0.39 is 0 Å². The first-order valence-corrected chi connectivity index (χ1v) is 9.92. The van der Waals surface area contributed by atoms with E-state index in [0.717, 1.165) is 64.3 Å². The maximum Gasteiger partial charge on any atom is 0.0698 e. The number of hydrogen-bond acceptors (Lipinski definition) is 5. The van der Waals surface area contributed by atoms with Crippen molar-refractivity contribution in [1.82, 2.24) is 19.4 Å². The van der Waals surface area contributed by atoms with Gasteiger partial charge >= 0.3 is 0 Å². The van der Waals surface area contributed by atoms with Crippen LogP contribution in [-0.4, -0.2) is 76.1 Å². The molecule has 2 aliphatic heterocycles. The maximum absolute atomic E-state index is 10.7. The molecule has 0 unspecified atom stereocenters. The van der Waals surface area contributed by atoms with Crippen molar-refractivity contribution in [2.75, 3.05) is 39.4 Å². The Labute approximate surface area is 154 Å². The summed E-state index contributed by atoms with van der Waals surface area (Å²) in [6, 6.07) is 8.76. The van der Waals surface area contributed by atoms with Crippen LogP contribution in [0.5, 0.6) is 0 Å². The van der Waals surface area contributed by atoms with Gasteiger partial charge in [0, 0.05) is 45.0 Å². The molecule has 6 heteroatoms. The molecule has 2 aromatic heterocycles. The van der Waals surface area contributed by atoms with E-state index in [1.165, 1.54) is 5.69 Å². The summed E-state index contributed by atoms with van der Waals surface area (Å²) in [5.41, 5.74) is 2.40. The molecule has 2 aromatic rings. The Morgan fingerprint density at radius 2 is 1.88 bits per heavy atom. The first kappa shape index (κ1) is 16.7. The van der Waals surface area contributed by atoms with Gasteiger partial charge in [-0.2, -0.15) is 5.10 Å². The minimum Gasteiger partial charge on any atom is -0.391 e. The number of fused-ring (bicyclic) bond motifs is 2. The van der Waals surface area contributed by atoms with Crippen molar-refractivity contribution in [3.05, 3.63) is 36.2 Å². The Balaban J connectivity index is 1.27. The van der Waals surface area contributed by atoms with Crippen molar-refractivity contribution in [3.63, 3.8) is 0 Å². The standard InChI is InChI=1S/C20H28N4O2/c25-20-11-16-13-22(14-18-3-1-2-17-4-5-21-24(17)18)12-15(16)10-19(20)23-6-8-26-9-7-23/h1-5,15-16,19-20,25H,6-14H2/t15-,16+,19-,20-/m1/s1. The number of aromatic nitrogens is 2.